The molecule has 4 nitrogen and oxygen atoms in total. The number of nitrogens with zero attached hydrogens (tertiary/aromatic N) is 2. The van der Waals surface area contributed by atoms with E-state index in [-0.39, 0.29) is 4.83 Å². The topological polar surface area (TPSA) is 42.4 Å². The van der Waals surface area contributed by atoms with Gasteiger partial charge in [0.05, 0.1) is 23.8 Å². The Labute approximate surface area is 107 Å². The Morgan fingerprint density at radius 3 is 2.88 bits per heavy atom. The highest BCUT2D eigenvalue weighted by atomic mass is 79.9. The molecule has 0 saturated carbocycles. The number of morpholine rings is 1. The highest BCUT2D eigenvalue weighted by molar-refractivity contribution is 9.09. The van der Waals surface area contributed by atoms with E-state index in [1.54, 1.807) is 11.3 Å². The average Bonchev–Trinajstić information content (AvgIpc) is 2.71. The summed E-state index contributed by atoms with van der Waals surface area (Å²) in [6.45, 7) is 5.19. The number of alkyl halides is 1. The molecule has 1 aromatic rings. The number of rotatable bonds is 3. The van der Waals surface area contributed by atoms with Gasteiger partial charge in [0, 0.05) is 13.1 Å². The summed E-state index contributed by atoms with van der Waals surface area (Å²) in [4.78, 5) is 18.2. The predicted octanol–water partition coefficient (Wildman–Crippen LogP) is 1.92. The zero-order chi connectivity index (χ0) is 11.5. The van der Waals surface area contributed by atoms with Crippen molar-refractivity contribution in [2.24, 2.45) is 0 Å². The van der Waals surface area contributed by atoms with Crippen molar-refractivity contribution in [3.05, 3.63) is 10.6 Å². The Morgan fingerprint density at radius 2 is 2.25 bits per heavy atom. The molecular formula is C10H13BrN2O2S. The summed E-state index contributed by atoms with van der Waals surface area (Å²) in [5.41, 5.74) is 0.931. The van der Waals surface area contributed by atoms with Crippen LogP contribution in [-0.2, 0) is 9.53 Å². The van der Waals surface area contributed by atoms with Crippen molar-refractivity contribution < 1.29 is 9.53 Å². The number of aromatic nitrogens is 1. The van der Waals surface area contributed by atoms with Gasteiger partial charge in [0.25, 0.3) is 0 Å². The van der Waals surface area contributed by atoms with Gasteiger partial charge in [-0.3, -0.25) is 0 Å². The molecule has 0 radical (unpaired) electrons. The van der Waals surface area contributed by atoms with Crippen LogP contribution in [0.1, 0.15) is 15.4 Å². The summed E-state index contributed by atoms with van der Waals surface area (Å²) in [6.07, 6.45) is 0.892. The van der Waals surface area contributed by atoms with Crippen LogP contribution in [0, 0.1) is 6.92 Å². The molecule has 6 heteroatoms. The smallest absolute Gasteiger partial charge is 0.185 e. The second-order valence-electron chi connectivity index (χ2n) is 3.58. The maximum atomic E-state index is 10.7. The number of ether oxygens (including phenoxy) is 1. The molecule has 1 aliphatic heterocycles. The first-order valence-electron chi connectivity index (χ1n) is 5.11. The fourth-order valence-corrected chi connectivity index (χ4v) is 3.27. The quantitative estimate of drug-likeness (QED) is 0.632. The van der Waals surface area contributed by atoms with E-state index in [0.29, 0.717) is 0 Å². The van der Waals surface area contributed by atoms with Gasteiger partial charge in [-0.1, -0.05) is 15.9 Å². The van der Waals surface area contributed by atoms with Crippen LogP contribution in [0.2, 0.25) is 0 Å². The molecule has 2 heterocycles. The molecule has 0 spiro atoms. The Balaban J connectivity index is 2.19. The fraction of sp³-hybridized carbons (Fsp3) is 0.600. The molecule has 0 bridgehead atoms. The van der Waals surface area contributed by atoms with Crippen molar-refractivity contribution in [3.8, 4) is 0 Å². The maximum Gasteiger partial charge on any atom is 0.185 e. The first-order valence-corrected chi connectivity index (χ1v) is 6.85. The molecule has 1 aromatic heterocycles. The van der Waals surface area contributed by atoms with Crippen molar-refractivity contribution in [2.45, 2.75) is 11.8 Å². The molecule has 1 fully saturated rings. The van der Waals surface area contributed by atoms with E-state index in [4.69, 9.17) is 4.74 Å². The standard InChI is InChI=1S/C10H13BrN2O2S/c1-7-9(8(11)6-14)16-10(12-7)13-2-4-15-5-3-13/h6,8H,2-5H2,1H3. The van der Waals surface area contributed by atoms with Crippen LogP contribution in [0.3, 0.4) is 0 Å². The SMILES string of the molecule is Cc1nc(N2CCOCC2)sc1C(Br)C=O. The number of thiazole rings is 1. The Hall–Kier alpha value is -0.460. The molecular weight excluding hydrogens is 292 g/mol. The van der Waals surface area contributed by atoms with Crippen LogP contribution in [0.4, 0.5) is 5.13 Å². The van der Waals surface area contributed by atoms with Gasteiger partial charge in [-0.05, 0) is 6.92 Å². The third-order valence-electron chi connectivity index (χ3n) is 2.47. The molecule has 0 aliphatic carbocycles. The molecule has 1 aliphatic rings. The van der Waals surface area contributed by atoms with Crippen molar-refractivity contribution in [2.75, 3.05) is 31.2 Å². The van der Waals surface area contributed by atoms with Gasteiger partial charge in [0.2, 0.25) is 0 Å². The number of aryl methyl sites for hydroxylation is 1. The number of halogens is 1. The van der Waals surface area contributed by atoms with E-state index in [9.17, 15) is 4.79 Å². The van der Waals surface area contributed by atoms with E-state index in [2.05, 4.69) is 25.8 Å². The summed E-state index contributed by atoms with van der Waals surface area (Å²) in [5.74, 6) is 0. The Bertz CT molecular complexity index is 377. The molecule has 88 valence electrons. The Morgan fingerprint density at radius 1 is 1.56 bits per heavy atom. The normalized spacial score (nSPS) is 18.5. The monoisotopic (exact) mass is 304 g/mol. The van der Waals surface area contributed by atoms with Gasteiger partial charge in [0.15, 0.2) is 5.13 Å². The van der Waals surface area contributed by atoms with Crippen molar-refractivity contribution in [1.29, 1.82) is 0 Å². The molecule has 1 atom stereocenters. The number of aldehydes is 1. The first kappa shape index (κ1) is 12.0. The summed E-state index contributed by atoms with van der Waals surface area (Å²) in [5, 5.41) is 0.988. The van der Waals surface area contributed by atoms with Crippen molar-refractivity contribution in [3.63, 3.8) is 0 Å². The fourth-order valence-electron chi connectivity index (χ4n) is 1.60. The average molecular weight is 305 g/mol. The summed E-state index contributed by atoms with van der Waals surface area (Å²) in [6, 6.07) is 0. The number of carbonyl (C=O) groups is 1. The molecule has 2 rings (SSSR count). The number of hydrogen-bond donors (Lipinski definition) is 0. The van der Waals surface area contributed by atoms with Crippen LogP contribution in [0.5, 0.6) is 0 Å². The van der Waals surface area contributed by atoms with E-state index in [1.165, 1.54) is 0 Å². The first-order chi connectivity index (χ1) is 7.72. The molecule has 16 heavy (non-hydrogen) atoms. The third kappa shape index (κ3) is 2.44. The van der Waals surface area contributed by atoms with Crippen LogP contribution >= 0.6 is 27.3 Å². The lowest BCUT2D eigenvalue weighted by molar-refractivity contribution is -0.107. The van der Waals surface area contributed by atoms with Crippen LogP contribution in [0.15, 0.2) is 0 Å². The van der Waals surface area contributed by atoms with Gasteiger partial charge in [-0.25, -0.2) is 4.98 Å². The van der Waals surface area contributed by atoms with E-state index >= 15 is 0 Å². The summed E-state index contributed by atoms with van der Waals surface area (Å²) >= 11 is 4.91. The lowest BCUT2D eigenvalue weighted by Gasteiger charge is -2.26. The largest absolute Gasteiger partial charge is 0.378 e. The van der Waals surface area contributed by atoms with Crippen molar-refractivity contribution >= 4 is 38.7 Å². The molecule has 1 unspecified atom stereocenters. The van der Waals surface area contributed by atoms with Gasteiger partial charge in [-0.15, -0.1) is 11.3 Å². The lowest BCUT2D eigenvalue weighted by Crippen LogP contribution is -2.36. The van der Waals surface area contributed by atoms with Crippen molar-refractivity contribution in [1.82, 2.24) is 4.98 Å². The van der Waals surface area contributed by atoms with Gasteiger partial charge >= 0.3 is 0 Å². The third-order valence-corrected chi connectivity index (χ3v) is 4.75. The predicted molar refractivity (Wildman–Crippen MR) is 67.6 cm³/mol. The van der Waals surface area contributed by atoms with Gasteiger partial charge < -0.3 is 14.4 Å². The van der Waals surface area contributed by atoms with E-state index in [1.807, 2.05) is 6.92 Å². The van der Waals surface area contributed by atoms with Crippen LogP contribution in [-0.4, -0.2) is 37.6 Å². The number of carbonyl (C=O) groups excluding carboxylic acids is 1. The molecule has 1 saturated heterocycles. The highest BCUT2D eigenvalue weighted by Crippen LogP contribution is 2.34. The van der Waals surface area contributed by atoms with E-state index in [0.717, 1.165) is 48.3 Å². The minimum atomic E-state index is -0.236. The molecule has 0 N–H and O–H groups in total. The minimum Gasteiger partial charge on any atom is -0.378 e. The Kier molecular flexibility index (Phi) is 3.94. The zero-order valence-electron chi connectivity index (χ0n) is 8.98. The van der Waals surface area contributed by atoms with Crippen LogP contribution < -0.4 is 4.90 Å². The number of anilines is 1. The summed E-state index contributed by atoms with van der Waals surface area (Å²) < 4.78 is 5.30. The highest BCUT2D eigenvalue weighted by Gasteiger charge is 2.19. The zero-order valence-corrected chi connectivity index (χ0v) is 11.4. The minimum absolute atomic E-state index is 0.236. The lowest BCUT2D eigenvalue weighted by atomic mass is 10.3. The maximum absolute atomic E-state index is 10.7. The van der Waals surface area contributed by atoms with Crippen LogP contribution in [0.25, 0.3) is 0 Å². The summed E-state index contributed by atoms with van der Waals surface area (Å²) in [7, 11) is 0. The van der Waals surface area contributed by atoms with E-state index < -0.39 is 0 Å². The van der Waals surface area contributed by atoms with Gasteiger partial charge in [-0.2, -0.15) is 0 Å². The molecule has 0 amide bonds. The van der Waals surface area contributed by atoms with Gasteiger partial charge in [0.1, 0.15) is 11.1 Å². The number of hydrogen-bond acceptors (Lipinski definition) is 5. The second kappa shape index (κ2) is 5.25. The molecule has 0 aromatic carbocycles. The second-order valence-corrected chi connectivity index (χ2v) is 5.58.